The van der Waals surface area contributed by atoms with Crippen LogP contribution in [0.4, 0.5) is 4.79 Å². The van der Waals surface area contributed by atoms with Gasteiger partial charge in [-0.1, -0.05) is 0 Å². The number of nitrogens with one attached hydrogen (secondary N) is 1. The summed E-state index contributed by atoms with van der Waals surface area (Å²) < 4.78 is 0. The minimum atomic E-state index is -0.218. The van der Waals surface area contributed by atoms with E-state index in [9.17, 15) is 9.59 Å². The number of thiazole rings is 1. The van der Waals surface area contributed by atoms with Crippen LogP contribution in [0, 0.1) is 6.92 Å². The molecule has 0 aliphatic carbocycles. The van der Waals surface area contributed by atoms with Gasteiger partial charge in [0, 0.05) is 17.6 Å². The minimum Gasteiger partial charge on any atom is -0.329 e. The van der Waals surface area contributed by atoms with Gasteiger partial charge in [-0.05, 0) is 20.8 Å². The van der Waals surface area contributed by atoms with Gasteiger partial charge in [0.2, 0.25) is 5.91 Å². The number of aromatic nitrogens is 1. The number of carbonyl (C=O) groups is 2. The lowest BCUT2D eigenvalue weighted by Crippen LogP contribution is -2.40. The fourth-order valence-electron chi connectivity index (χ4n) is 1.92. The van der Waals surface area contributed by atoms with Crippen LogP contribution in [-0.2, 0) is 4.79 Å². The van der Waals surface area contributed by atoms with Crippen molar-refractivity contribution >= 4 is 23.3 Å². The molecule has 7 heteroatoms. The molecule has 1 aromatic heterocycles. The van der Waals surface area contributed by atoms with Crippen LogP contribution in [0.1, 0.15) is 29.8 Å². The third-order valence-electron chi connectivity index (χ3n) is 3.04. The van der Waals surface area contributed by atoms with E-state index in [-0.39, 0.29) is 24.5 Å². The zero-order chi connectivity index (χ0) is 14.0. The van der Waals surface area contributed by atoms with Gasteiger partial charge in [0.1, 0.15) is 11.6 Å². The maximum absolute atomic E-state index is 12.1. The highest BCUT2D eigenvalue weighted by Crippen LogP contribution is 2.19. The summed E-state index contributed by atoms with van der Waals surface area (Å²) in [5.74, 6) is -0.00426. The van der Waals surface area contributed by atoms with Crippen LogP contribution >= 0.6 is 11.3 Å². The Bertz CT molecular complexity index is 488. The van der Waals surface area contributed by atoms with Crippen molar-refractivity contribution in [3.8, 4) is 0 Å². The second kappa shape index (κ2) is 5.56. The van der Waals surface area contributed by atoms with Crippen LogP contribution < -0.4 is 5.32 Å². The average molecular weight is 282 g/mol. The fraction of sp³-hybridized carbons (Fsp3) is 0.583. The molecule has 1 saturated heterocycles. The Morgan fingerprint density at radius 2 is 2.37 bits per heavy atom. The van der Waals surface area contributed by atoms with Crippen LogP contribution in [0.2, 0.25) is 0 Å². The Morgan fingerprint density at radius 1 is 1.63 bits per heavy atom. The van der Waals surface area contributed by atoms with E-state index < -0.39 is 0 Å². The Labute approximate surface area is 116 Å². The molecule has 3 amide bonds. The molecule has 1 aliphatic rings. The van der Waals surface area contributed by atoms with Crippen LogP contribution in [-0.4, -0.2) is 46.5 Å². The van der Waals surface area contributed by atoms with E-state index in [2.05, 4.69) is 10.3 Å². The standard InChI is InChI=1S/C12H18N4O2S/c1-4-15-7-16(6-10(15)17)12(18)14-9(3)11-13-5-8(2)19-11/h5,9H,4,6-7H2,1-3H3,(H,14,18)/t9-/m0/s1. The Kier molecular flexibility index (Phi) is 4.04. The van der Waals surface area contributed by atoms with Crippen molar-refractivity contribution in [1.82, 2.24) is 20.1 Å². The SMILES string of the molecule is CCN1CN(C(=O)N[C@@H](C)c2ncc(C)s2)CC1=O. The Balaban J connectivity index is 1.93. The summed E-state index contributed by atoms with van der Waals surface area (Å²) in [4.78, 5) is 32.2. The fourth-order valence-corrected chi connectivity index (χ4v) is 2.70. The number of hydrogen-bond donors (Lipinski definition) is 1. The molecule has 104 valence electrons. The van der Waals surface area contributed by atoms with E-state index in [1.807, 2.05) is 20.8 Å². The van der Waals surface area contributed by atoms with Gasteiger partial charge in [-0.3, -0.25) is 9.69 Å². The maximum Gasteiger partial charge on any atom is 0.319 e. The monoisotopic (exact) mass is 282 g/mol. The highest BCUT2D eigenvalue weighted by atomic mass is 32.1. The van der Waals surface area contributed by atoms with Gasteiger partial charge in [-0.25, -0.2) is 9.78 Å². The van der Waals surface area contributed by atoms with Crippen LogP contribution in [0.5, 0.6) is 0 Å². The van der Waals surface area contributed by atoms with Crippen molar-refractivity contribution in [3.05, 3.63) is 16.1 Å². The average Bonchev–Trinajstić information content (AvgIpc) is 2.95. The van der Waals surface area contributed by atoms with Crippen LogP contribution in [0.3, 0.4) is 0 Å². The van der Waals surface area contributed by atoms with Gasteiger partial charge in [0.15, 0.2) is 0 Å². The van der Waals surface area contributed by atoms with Gasteiger partial charge < -0.3 is 10.2 Å². The summed E-state index contributed by atoms with van der Waals surface area (Å²) in [5, 5.41) is 3.75. The third kappa shape index (κ3) is 3.04. The molecule has 0 bridgehead atoms. The summed E-state index contributed by atoms with van der Waals surface area (Å²) in [6, 6.07) is -0.360. The lowest BCUT2D eigenvalue weighted by molar-refractivity contribution is -0.126. The molecule has 0 spiro atoms. The first-order valence-electron chi connectivity index (χ1n) is 6.26. The summed E-state index contributed by atoms with van der Waals surface area (Å²) in [6.07, 6.45) is 1.79. The maximum atomic E-state index is 12.1. The van der Waals surface area contributed by atoms with E-state index in [1.165, 1.54) is 4.90 Å². The Hall–Kier alpha value is -1.63. The van der Waals surface area contributed by atoms with Crippen molar-refractivity contribution < 1.29 is 9.59 Å². The van der Waals surface area contributed by atoms with Gasteiger partial charge in [-0.15, -0.1) is 11.3 Å². The lowest BCUT2D eigenvalue weighted by atomic mass is 10.3. The van der Waals surface area contributed by atoms with Crippen molar-refractivity contribution in [1.29, 1.82) is 0 Å². The van der Waals surface area contributed by atoms with E-state index in [4.69, 9.17) is 0 Å². The molecule has 0 saturated carbocycles. The number of likely N-dealkylation sites (N-methyl/N-ethyl adjacent to an activating group) is 1. The first-order valence-corrected chi connectivity index (χ1v) is 7.08. The lowest BCUT2D eigenvalue weighted by Gasteiger charge is -2.19. The second-order valence-electron chi connectivity index (χ2n) is 4.57. The zero-order valence-corrected chi connectivity index (χ0v) is 12.2. The van der Waals surface area contributed by atoms with Crippen molar-refractivity contribution in [2.24, 2.45) is 0 Å². The van der Waals surface area contributed by atoms with Gasteiger partial charge >= 0.3 is 6.03 Å². The van der Waals surface area contributed by atoms with E-state index in [0.29, 0.717) is 13.2 Å². The van der Waals surface area contributed by atoms with Crippen molar-refractivity contribution in [3.63, 3.8) is 0 Å². The molecular formula is C12H18N4O2S. The van der Waals surface area contributed by atoms with Gasteiger partial charge in [0.25, 0.3) is 0 Å². The minimum absolute atomic E-state index is 0.00426. The van der Waals surface area contributed by atoms with Crippen LogP contribution in [0.25, 0.3) is 0 Å². The molecule has 1 fully saturated rings. The molecule has 1 atom stereocenters. The molecule has 1 N–H and O–H groups in total. The summed E-state index contributed by atoms with van der Waals surface area (Å²) in [6.45, 7) is 6.93. The number of nitrogens with zero attached hydrogens (tertiary/aromatic N) is 3. The topological polar surface area (TPSA) is 65.5 Å². The normalized spacial score (nSPS) is 16.9. The number of hydrogen-bond acceptors (Lipinski definition) is 4. The molecule has 0 aromatic carbocycles. The summed E-state index contributed by atoms with van der Waals surface area (Å²) >= 11 is 1.56. The summed E-state index contributed by atoms with van der Waals surface area (Å²) in [7, 11) is 0. The third-order valence-corrected chi connectivity index (χ3v) is 4.13. The molecule has 0 radical (unpaired) electrons. The van der Waals surface area contributed by atoms with Crippen molar-refractivity contribution in [2.45, 2.75) is 26.8 Å². The van der Waals surface area contributed by atoms with Crippen LogP contribution in [0.15, 0.2) is 6.20 Å². The molecule has 0 unspecified atom stereocenters. The second-order valence-corrected chi connectivity index (χ2v) is 5.84. The first kappa shape index (κ1) is 13.8. The highest BCUT2D eigenvalue weighted by molar-refractivity contribution is 7.11. The predicted molar refractivity (Wildman–Crippen MR) is 72.8 cm³/mol. The van der Waals surface area contributed by atoms with E-state index in [1.54, 1.807) is 22.4 Å². The number of amides is 3. The largest absolute Gasteiger partial charge is 0.329 e. The number of aryl methyl sites for hydroxylation is 1. The van der Waals surface area contributed by atoms with E-state index in [0.717, 1.165) is 9.88 Å². The molecule has 1 aromatic rings. The highest BCUT2D eigenvalue weighted by Gasteiger charge is 2.30. The van der Waals surface area contributed by atoms with E-state index >= 15 is 0 Å². The first-order chi connectivity index (χ1) is 9.01. The molecular weight excluding hydrogens is 264 g/mol. The molecule has 2 rings (SSSR count). The number of carbonyl (C=O) groups excluding carboxylic acids is 2. The molecule has 2 heterocycles. The van der Waals surface area contributed by atoms with Crippen molar-refractivity contribution in [2.75, 3.05) is 19.8 Å². The molecule has 6 nitrogen and oxygen atoms in total. The smallest absolute Gasteiger partial charge is 0.319 e. The number of rotatable bonds is 3. The number of urea groups is 1. The predicted octanol–water partition coefficient (Wildman–Crippen LogP) is 1.34. The van der Waals surface area contributed by atoms with Gasteiger partial charge in [-0.2, -0.15) is 0 Å². The molecule has 19 heavy (non-hydrogen) atoms. The molecule has 1 aliphatic heterocycles. The quantitative estimate of drug-likeness (QED) is 0.910. The summed E-state index contributed by atoms with van der Waals surface area (Å²) in [5.41, 5.74) is 0. The Morgan fingerprint density at radius 3 is 2.89 bits per heavy atom. The van der Waals surface area contributed by atoms with Gasteiger partial charge in [0.05, 0.1) is 12.7 Å². The zero-order valence-electron chi connectivity index (χ0n) is 11.3.